The van der Waals surface area contributed by atoms with Crippen molar-refractivity contribution in [3.63, 3.8) is 0 Å². The number of hydrogen-bond acceptors (Lipinski definition) is 5. The van der Waals surface area contributed by atoms with Crippen molar-refractivity contribution < 1.29 is 4.92 Å². The molecule has 25 heavy (non-hydrogen) atoms. The van der Waals surface area contributed by atoms with Crippen LogP contribution in [-0.4, -0.2) is 20.3 Å². The minimum absolute atomic E-state index is 0.112. The van der Waals surface area contributed by atoms with Crippen LogP contribution in [0.5, 0.6) is 0 Å². The normalized spacial score (nSPS) is 26.2. The van der Waals surface area contributed by atoms with Gasteiger partial charge in [0.2, 0.25) is 5.82 Å². The lowest BCUT2D eigenvalue weighted by Crippen LogP contribution is -2.35. The van der Waals surface area contributed by atoms with E-state index in [9.17, 15) is 14.9 Å². The maximum atomic E-state index is 12.5. The quantitative estimate of drug-likeness (QED) is 0.682. The summed E-state index contributed by atoms with van der Waals surface area (Å²) >= 11 is 0. The van der Waals surface area contributed by atoms with Crippen LogP contribution in [0.15, 0.2) is 29.2 Å². The van der Waals surface area contributed by atoms with E-state index in [-0.39, 0.29) is 11.9 Å². The average molecular weight is 342 g/mol. The van der Waals surface area contributed by atoms with E-state index >= 15 is 0 Å². The first-order valence-electron chi connectivity index (χ1n) is 9.06. The van der Waals surface area contributed by atoms with Gasteiger partial charge in [-0.1, -0.05) is 31.7 Å². The molecule has 0 saturated heterocycles. The second-order valence-electron chi connectivity index (χ2n) is 7.26. The number of anilines is 1. The molecule has 3 atom stereocenters. The molecule has 2 heterocycles. The van der Waals surface area contributed by atoms with E-state index < -0.39 is 16.2 Å². The Bertz CT molecular complexity index is 863. The van der Waals surface area contributed by atoms with E-state index in [1.54, 1.807) is 18.2 Å². The minimum atomic E-state index is -0.635. The van der Waals surface area contributed by atoms with Crippen molar-refractivity contribution >= 4 is 17.2 Å². The minimum Gasteiger partial charge on any atom is -0.361 e. The van der Waals surface area contributed by atoms with Crippen molar-refractivity contribution in [2.75, 3.05) is 5.32 Å². The van der Waals surface area contributed by atoms with Crippen molar-refractivity contribution in [2.45, 2.75) is 51.0 Å². The lowest BCUT2D eigenvalue weighted by Gasteiger charge is -2.39. The molecule has 0 radical (unpaired) electrons. The van der Waals surface area contributed by atoms with Gasteiger partial charge in [0.25, 0.3) is 0 Å². The van der Waals surface area contributed by atoms with E-state index in [1.807, 2.05) is 0 Å². The fourth-order valence-corrected chi connectivity index (χ4v) is 4.54. The van der Waals surface area contributed by atoms with Crippen molar-refractivity contribution in [2.24, 2.45) is 11.8 Å². The zero-order chi connectivity index (χ0) is 17.4. The molecule has 0 aliphatic heterocycles. The largest absolute Gasteiger partial charge is 0.376 e. The number of pyridine rings is 1. The molecule has 2 aliphatic rings. The maximum Gasteiger partial charge on any atom is 0.376 e. The number of nitrogens with one attached hydrogen (secondary N) is 1. The van der Waals surface area contributed by atoms with E-state index in [1.165, 1.54) is 36.3 Å². The first-order chi connectivity index (χ1) is 12.1. The molecule has 7 nitrogen and oxygen atoms in total. The summed E-state index contributed by atoms with van der Waals surface area (Å²) < 4.78 is 1.22. The number of nitro groups is 1. The summed E-state index contributed by atoms with van der Waals surface area (Å²) in [4.78, 5) is 27.7. The Morgan fingerprint density at radius 2 is 1.96 bits per heavy atom. The van der Waals surface area contributed by atoms with Gasteiger partial charge in [-0.05, 0) is 43.2 Å². The predicted octanol–water partition coefficient (Wildman–Crippen LogP) is 3.37. The maximum absolute atomic E-state index is 12.5. The van der Waals surface area contributed by atoms with E-state index in [0.717, 1.165) is 25.2 Å². The molecule has 132 valence electrons. The Morgan fingerprint density at radius 3 is 2.76 bits per heavy atom. The Kier molecular flexibility index (Phi) is 4.15. The number of hydrogen-bond donors (Lipinski definition) is 1. The monoisotopic (exact) mass is 342 g/mol. The highest BCUT2D eigenvalue weighted by Gasteiger charge is 2.34. The first-order valence-corrected chi connectivity index (χ1v) is 9.06. The van der Waals surface area contributed by atoms with E-state index in [4.69, 9.17) is 0 Å². The molecular formula is C18H22N4O3. The molecule has 4 rings (SSSR count). The van der Waals surface area contributed by atoms with Gasteiger partial charge in [0.05, 0.1) is 4.92 Å². The average Bonchev–Trinajstić information content (AvgIpc) is 2.61. The predicted molar refractivity (Wildman–Crippen MR) is 94.8 cm³/mol. The highest BCUT2D eigenvalue weighted by atomic mass is 16.6. The van der Waals surface area contributed by atoms with Crippen molar-refractivity contribution in [1.29, 1.82) is 0 Å². The second kappa shape index (κ2) is 6.46. The molecule has 0 unspecified atom stereocenters. The fourth-order valence-electron chi connectivity index (χ4n) is 4.54. The highest BCUT2D eigenvalue weighted by Crippen LogP contribution is 2.41. The SMILES string of the molecule is O=c1c([N+](=O)[O-])c(N[C@@H]2CC[C@H]3CCCC[C@@H]3C2)nc2ccccn12. The highest BCUT2D eigenvalue weighted by molar-refractivity contribution is 5.60. The summed E-state index contributed by atoms with van der Waals surface area (Å²) in [7, 11) is 0. The van der Waals surface area contributed by atoms with Gasteiger partial charge in [-0.25, -0.2) is 4.98 Å². The number of fused-ring (bicyclic) bond motifs is 2. The molecule has 2 aromatic heterocycles. The molecule has 0 aromatic carbocycles. The summed E-state index contributed by atoms with van der Waals surface area (Å²) in [6, 6.07) is 5.27. The molecule has 1 N–H and O–H groups in total. The van der Waals surface area contributed by atoms with E-state index in [2.05, 4.69) is 10.3 Å². The van der Waals surface area contributed by atoms with Crippen LogP contribution in [0.4, 0.5) is 11.5 Å². The number of aromatic nitrogens is 2. The third-order valence-electron chi connectivity index (χ3n) is 5.77. The smallest absolute Gasteiger partial charge is 0.361 e. The van der Waals surface area contributed by atoms with Crippen LogP contribution in [0.3, 0.4) is 0 Å². The van der Waals surface area contributed by atoms with Crippen molar-refractivity contribution in [3.8, 4) is 0 Å². The van der Waals surface area contributed by atoms with Gasteiger partial charge in [0.1, 0.15) is 5.65 Å². The topological polar surface area (TPSA) is 89.5 Å². The van der Waals surface area contributed by atoms with Crippen LogP contribution in [0, 0.1) is 22.0 Å². The second-order valence-corrected chi connectivity index (χ2v) is 7.26. The standard InChI is InChI=1S/C18H22N4O3/c23-18-16(22(24)25)17(20-15-7-3-4-10-21(15)18)19-14-9-8-12-5-1-2-6-13(12)11-14/h3-4,7,10,12-14,19H,1-2,5-6,8-9,11H2/t12-,13-,14-/m1/s1. The Balaban J connectivity index is 1.65. The molecule has 2 aromatic rings. The first kappa shape index (κ1) is 16.1. The van der Waals surface area contributed by atoms with E-state index in [0.29, 0.717) is 11.6 Å². The van der Waals surface area contributed by atoms with Gasteiger partial charge in [-0.2, -0.15) is 0 Å². The Labute approximate surface area is 145 Å². The van der Waals surface area contributed by atoms with Crippen LogP contribution >= 0.6 is 0 Å². The van der Waals surface area contributed by atoms with Crippen molar-refractivity contribution in [3.05, 3.63) is 44.9 Å². The third-order valence-corrected chi connectivity index (χ3v) is 5.77. The van der Waals surface area contributed by atoms with Crippen LogP contribution in [0.1, 0.15) is 44.9 Å². The lowest BCUT2D eigenvalue weighted by atomic mass is 9.69. The van der Waals surface area contributed by atoms with Gasteiger partial charge in [0, 0.05) is 12.2 Å². The third kappa shape index (κ3) is 2.99. The Hall–Kier alpha value is -2.44. The summed E-state index contributed by atoms with van der Waals surface area (Å²) in [6.45, 7) is 0. The van der Waals surface area contributed by atoms with Gasteiger partial charge in [0.15, 0.2) is 0 Å². The van der Waals surface area contributed by atoms with Gasteiger partial charge < -0.3 is 5.32 Å². The molecular weight excluding hydrogens is 320 g/mol. The molecule has 2 aliphatic carbocycles. The molecule has 0 amide bonds. The van der Waals surface area contributed by atoms with Crippen LogP contribution in [-0.2, 0) is 0 Å². The molecule has 2 saturated carbocycles. The van der Waals surface area contributed by atoms with Crippen LogP contribution < -0.4 is 10.9 Å². The number of rotatable bonds is 3. The summed E-state index contributed by atoms with van der Waals surface area (Å²) in [6.07, 6.45) is 9.83. The Morgan fingerprint density at radius 1 is 1.16 bits per heavy atom. The zero-order valence-electron chi connectivity index (χ0n) is 14.1. The van der Waals surface area contributed by atoms with Gasteiger partial charge >= 0.3 is 11.2 Å². The molecule has 0 spiro atoms. The number of nitrogens with zero attached hydrogens (tertiary/aromatic N) is 3. The summed E-state index contributed by atoms with van der Waals surface area (Å²) in [5, 5.41) is 14.7. The van der Waals surface area contributed by atoms with Crippen LogP contribution in [0.2, 0.25) is 0 Å². The zero-order valence-corrected chi connectivity index (χ0v) is 14.1. The van der Waals surface area contributed by atoms with Gasteiger partial charge in [-0.3, -0.25) is 19.3 Å². The summed E-state index contributed by atoms with van der Waals surface area (Å²) in [5.41, 5.74) is -0.675. The fraction of sp³-hybridized carbons (Fsp3) is 0.556. The lowest BCUT2D eigenvalue weighted by molar-refractivity contribution is -0.385. The molecule has 2 fully saturated rings. The van der Waals surface area contributed by atoms with Crippen molar-refractivity contribution in [1.82, 2.24) is 9.38 Å². The molecule has 0 bridgehead atoms. The van der Waals surface area contributed by atoms with Gasteiger partial charge in [-0.15, -0.1) is 0 Å². The summed E-state index contributed by atoms with van der Waals surface area (Å²) in [5.74, 6) is 1.61. The van der Waals surface area contributed by atoms with Crippen LogP contribution in [0.25, 0.3) is 5.65 Å². The molecule has 7 heteroatoms.